The highest BCUT2D eigenvalue weighted by Gasteiger charge is 2.18. The summed E-state index contributed by atoms with van der Waals surface area (Å²) >= 11 is 5.20. The van der Waals surface area contributed by atoms with Gasteiger partial charge in [-0.1, -0.05) is 0 Å². The topological polar surface area (TPSA) is 48.1 Å². The second-order valence-corrected chi connectivity index (χ2v) is 5.39. The maximum Gasteiger partial charge on any atom is 0.225 e. The number of nitrogens with zero attached hydrogens (tertiary/aromatic N) is 4. The van der Waals surface area contributed by atoms with Crippen LogP contribution in [0.5, 0.6) is 0 Å². The Bertz CT molecular complexity index is 460. The lowest BCUT2D eigenvalue weighted by molar-refractivity contribution is 0.566. The molecule has 1 aromatic rings. The van der Waals surface area contributed by atoms with E-state index in [1.807, 2.05) is 0 Å². The van der Waals surface area contributed by atoms with E-state index in [1.165, 1.54) is 32.1 Å². The van der Waals surface area contributed by atoms with Crippen LogP contribution in [0.15, 0.2) is 0 Å². The number of anilines is 2. The highest BCUT2D eigenvalue weighted by atomic mass is 32.1. The van der Waals surface area contributed by atoms with Gasteiger partial charge in [0.25, 0.3) is 0 Å². The van der Waals surface area contributed by atoms with Gasteiger partial charge in [-0.2, -0.15) is 9.97 Å². The van der Waals surface area contributed by atoms with E-state index in [-0.39, 0.29) is 0 Å². The van der Waals surface area contributed by atoms with Gasteiger partial charge in [0.05, 0.1) is 0 Å². The molecule has 2 aliphatic rings. The number of piperidine rings is 1. The Kier molecular flexibility index (Phi) is 3.45. The van der Waals surface area contributed by atoms with E-state index in [0.717, 1.165) is 38.1 Å². The maximum absolute atomic E-state index is 5.20. The molecule has 0 aromatic carbocycles. The summed E-state index contributed by atoms with van der Waals surface area (Å²) in [5, 5.41) is 0. The van der Waals surface area contributed by atoms with Crippen LogP contribution >= 0.6 is 12.2 Å². The second-order valence-electron chi connectivity index (χ2n) is 5.02. The zero-order valence-electron chi connectivity index (χ0n) is 10.6. The standard InChI is InChI=1S/C12H19N5S/c18-12-14-10(16-6-2-1-3-7-16)13-11(15-12)17-8-4-5-9-17/h1-9H2,(H,13,14,15,18). The van der Waals surface area contributed by atoms with Crippen molar-refractivity contribution < 1.29 is 0 Å². The molecule has 6 heteroatoms. The Labute approximate surface area is 112 Å². The van der Waals surface area contributed by atoms with Gasteiger partial charge in [-0.3, -0.25) is 4.98 Å². The number of nitrogens with one attached hydrogen (secondary N) is 1. The van der Waals surface area contributed by atoms with Gasteiger partial charge in [0.15, 0.2) is 0 Å². The van der Waals surface area contributed by atoms with Crippen LogP contribution in [0.4, 0.5) is 11.9 Å². The summed E-state index contributed by atoms with van der Waals surface area (Å²) in [6.45, 7) is 4.28. The summed E-state index contributed by atoms with van der Waals surface area (Å²) in [5.41, 5.74) is 0. The molecular formula is C12H19N5S. The molecule has 0 radical (unpaired) electrons. The van der Waals surface area contributed by atoms with E-state index in [1.54, 1.807) is 0 Å². The van der Waals surface area contributed by atoms with E-state index >= 15 is 0 Å². The smallest absolute Gasteiger partial charge is 0.225 e. The van der Waals surface area contributed by atoms with Crippen LogP contribution < -0.4 is 9.80 Å². The third kappa shape index (κ3) is 2.48. The summed E-state index contributed by atoms with van der Waals surface area (Å²) in [5.74, 6) is 1.80. The molecule has 18 heavy (non-hydrogen) atoms. The lowest BCUT2D eigenvalue weighted by Crippen LogP contribution is -2.32. The summed E-state index contributed by atoms with van der Waals surface area (Å²) in [6.07, 6.45) is 6.28. The minimum absolute atomic E-state index is 0.455. The Hall–Kier alpha value is -1.17. The number of hydrogen-bond donors (Lipinski definition) is 1. The van der Waals surface area contributed by atoms with E-state index < -0.39 is 0 Å². The molecule has 0 bridgehead atoms. The Morgan fingerprint density at radius 2 is 1.22 bits per heavy atom. The molecule has 98 valence electrons. The van der Waals surface area contributed by atoms with Crippen molar-refractivity contribution in [1.82, 2.24) is 15.0 Å². The Morgan fingerprint density at radius 1 is 0.778 bits per heavy atom. The van der Waals surface area contributed by atoms with E-state index in [4.69, 9.17) is 12.2 Å². The fraction of sp³-hybridized carbons (Fsp3) is 0.750. The van der Waals surface area contributed by atoms with Crippen LogP contribution in [0.2, 0.25) is 0 Å². The second kappa shape index (κ2) is 5.22. The van der Waals surface area contributed by atoms with E-state index in [9.17, 15) is 0 Å². The zero-order valence-corrected chi connectivity index (χ0v) is 11.4. The fourth-order valence-electron chi connectivity index (χ4n) is 2.70. The van der Waals surface area contributed by atoms with Crippen molar-refractivity contribution in [3.63, 3.8) is 0 Å². The molecule has 3 rings (SSSR count). The van der Waals surface area contributed by atoms with E-state index in [2.05, 4.69) is 24.8 Å². The molecule has 0 atom stereocenters. The molecule has 1 aromatic heterocycles. The van der Waals surface area contributed by atoms with Gasteiger partial charge < -0.3 is 9.80 Å². The summed E-state index contributed by atoms with van der Waals surface area (Å²) < 4.78 is 0.455. The number of aromatic amines is 1. The van der Waals surface area contributed by atoms with Crippen molar-refractivity contribution in [3.05, 3.63) is 4.77 Å². The molecular weight excluding hydrogens is 246 g/mol. The molecule has 1 N–H and O–H groups in total. The molecule has 0 aliphatic carbocycles. The molecule has 3 heterocycles. The summed E-state index contributed by atoms with van der Waals surface area (Å²) in [4.78, 5) is 16.7. The largest absolute Gasteiger partial charge is 0.342 e. The van der Waals surface area contributed by atoms with Gasteiger partial charge in [-0.05, 0) is 44.3 Å². The van der Waals surface area contributed by atoms with Crippen LogP contribution in [0.25, 0.3) is 0 Å². The maximum atomic E-state index is 5.20. The first-order valence-corrected chi connectivity index (χ1v) is 7.22. The van der Waals surface area contributed by atoms with Crippen LogP contribution in [0, 0.1) is 4.77 Å². The van der Waals surface area contributed by atoms with Gasteiger partial charge in [0.2, 0.25) is 16.7 Å². The predicted molar refractivity (Wildman–Crippen MR) is 74.7 cm³/mol. The van der Waals surface area contributed by atoms with Crippen LogP contribution in [0.1, 0.15) is 32.1 Å². The van der Waals surface area contributed by atoms with Crippen LogP contribution in [-0.2, 0) is 0 Å². The molecule has 5 nitrogen and oxygen atoms in total. The van der Waals surface area contributed by atoms with Crippen LogP contribution in [-0.4, -0.2) is 41.1 Å². The SMILES string of the molecule is S=c1nc(N2CCCCC2)[nH]c(N2CCCC2)n1. The fourth-order valence-corrected chi connectivity index (χ4v) is 2.87. The van der Waals surface area contributed by atoms with Crippen molar-refractivity contribution in [1.29, 1.82) is 0 Å². The highest BCUT2D eigenvalue weighted by Crippen LogP contribution is 2.20. The summed E-state index contributed by atoms with van der Waals surface area (Å²) in [6, 6.07) is 0. The number of rotatable bonds is 2. The predicted octanol–water partition coefficient (Wildman–Crippen LogP) is 2.12. The Balaban J connectivity index is 1.87. The first kappa shape index (κ1) is 11.9. The first-order chi connectivity index (χ1) is 8.83. The molecule has 0 saturated carbocycles. The van der Waals surface area contributed by atoms with Crippen LogP contribution in [0.3, 0.4) is 0 Å². The third-order valence-corrected chi connectivity index (χ3v) is 3.87. The first-order valence-electron chi connectivity index (χ1n) is 6.81. The Morgan fingerprint density at radius 3 is 1.72 bits per heavy atom. The normalized spacial score (nSPS) is 20.4. The molecule has 2 fully saturated rings. The highest BCUT2D eigenvalue weighted by molar-refractivity contribution is 7.71. The number of H-pyrrole nitrogens is 1. The quantitative estimate of drug-likeness (QED) is 0.830. The van der Waals surface area contributed by atoms with Crippen molar-refractivity contribution in [2.24, 2.45) is 0 Å². The number of aromatic nitrogens is 3. The van der Waals surface area contributed by atoms with Gasteiger partial charge >= 0.3 is 0 Å². The average Bonchev–Trinajstić information content (AvgIpc) is 2.93. The lowest BCUT2D eigenvalue weighted by Gasteiger charge is -2.28. The minimum atomic E-state index is 0.455. The van der Waals surface area contributed by atoms with E-state index in [0.29, 0.717) is 4.77 Å². The monoisotopic (exact) mass is 265 g/mol. The molecule has 2 saturated heterocycles. The molecule has 0 amide bonds. The lowest BCUT2D eigenvalue weighted by atomic mass is 10.1. The zero-order chi connectivity index (χ0) is 12.4. The van der Waals surface area contributed by atoms with Gasteiger partial charge in [-0.15, -0.1) is 0 Å². The summed E-state index contributed by atoms with van der Waals surface area (Å²) in [7, 11) is 0. The average molecular weight is 265 g/mol. The van der Waals surface area contributed by atoms with Gasteiger partial charge in [-0.25, -0.2) is 0 Å². The minimum Gasteiger partial charge on any atom is -0.342 e. The molecule has 2 aliphatic heterocycles. The van der Waals surface area contributed by atoms with Gasteiger partial charge in [0.1, 0.15) is 0 Å². The van der Waals surface area contributed by atoms with Crippen molar-refractivity contribution >= 4 is 24.1 Å². The van der Waals surface area contributed by atoms with Crippen molar-refractivity contribution in [2.45, 2.75) is 32.1 Å². The van der Waals surface area contributed by atoms with Crippen molar-refractivity contribution in [3.8, 4) is 0 Å². The third-order valence-electron chi connectivity index (χ3n) is 3.69. The molecule has 0 spiro atoms. The van der Waals surface area contributed by atoms with Crippen molar-refractivity contribution in [2.75, 3.05) is 36.0 Å². The van der Waals surface area contributed by atoms with Gasteiger partial charge in [0, 0.05) is 26.2 Å². The number of hydrogen-bond acceptors (Lipinski definition) is 5. The molecule has 0 unspecified atom stereocenters.